The number of hydrogen-bond acceptors (Lipinski definition) is 3. The molecule has 1 saturated heterocycles. The van der Waals surface area contributed by atoms with Gasteiger partial charge < -0.3 is 10.2 Å². The van der Waals surface area contributed by atoms with E-state index in [9.17, 15) is 14.0 Å². The van der Waals surface area contributed by atoms with Crippen LogP contribution in [0.15, 0.2) is 24.4 Å². The maximum Gasteiger partial charge on any atom is 0.239 e. The van der Waals surface area contributed by atoms with E-state index in [4.69, 9.17) is 0 Å². The average molecular weight is 451 g/mol. The topological polar surface area (TPSA) is 78.1 Å². The Balaban J connectivity index is 1.29. The third-order valence-electron chi connectivity index (χ3n) is 9.10. The molecule has 1 saturated carbocycles. The van der Waals surface area contributed by atoms with Crippen LogP contribution in [0.3, 0.4) is 0 Å². The Hall–Kier alpha value is -2.70. The van der Waals surface area contributed by atoms with Crippen molar-refractivity contribution < 1.29 is 14.0 Å². The molecule has 0 radical (unpaired) electrons. The molecule has 174 valence electrons. The van der Waals surface area contributed by atoms with E-state index in [-0.39, 0.29) is 35.5 Å². The molecule has 3 unspecified atom stereocenters. The lowest BCUT2D eigenvalue weighted by molar-refractivity contribution is -0.138. The quantitative estimate of drug-likeness (QED) is 0.752. The first-order chi connectivity index (χ1) is 16.0. The van der Waals surface area contributed by atoms with Crippen molar-refractivity contribution in [2.24, 2.45) is 11.8 Å². The molecule has 0 bridgehead atoms. The fourth-order valence-electron chi connectivity index (χ4n) is 7.71. The van der Waals surface area contributed by atoms with Crippen LogP contribution in [0.5, 0.6) is 0 Å². The van der Waals surface area contributed by atoms with Gasteiger partial charge in [0.15, 0.2) is 0 Å². The minimum absolute atomic E-state index is 0.0105. The fourth-order valence-corrected chi connectivity index (χ4v) is 7.71. The highest BCUT2D eigenvalue weighted by molar-refractivity contribution is 5.85. The predicted octanol–water partition coefficient (Wildman–Crippen LogP) is 3.40. The summed E-state index contributed by atoms with van der Waals surface area (Å²) in [5.74, 6) is 1.44. The molecule has 5 atom stereocenters. The Bertz CT molecular complexity index is 1110. The largest absolute Gasteiger partial charge is 0.353 e. The summed E-state index contributed by atoms with van der Waals surface area (Å²) in [6.45, 7) is 3.64. The second-order valence-electron chi connectivity index (χ2n) is 10.6. The number of fused-ring (bicyclic) bond motifs is 7. The van der Waals surface area contributed by atoms with Crippen molar-refractivity contribution >= 4 is 11.8 Å². The SMILES string of the molecule is C[C@]12CCC3c4cccc(F)c4CCC3C1[C@H](CCC(=O)N1CCNC(=O)C1)c1cn[nH]c12. The molecule has 3 aliphatic carbocycles. The summed E-state index contributed by atoms with van der Waals surface area (Å²) in [6, 6.07) is 5.58. The monoisotopic (exact) mass is 450 g/mol. The summed E-state index contributed by atoms with van der Waals surface area (Å²) < 4.78 is 14.5. The third-order valence-corrected chi connectivity index (χ3v) is 9.10. The standard InChI is InChI=1S/C26H31FN4O2/c1-26-10-9-16-15-3-2-4-21(27)17(15)5-6-18(16)24(26)19(20-13-29-30-25(20)26)7-8-23(33)31-12-11-28-22(32)14-31/h2-4,13,16,18-19,24H,5-12,14H2,1H3,(H,28,32)(H,29,30)/t16?,18?,19-,24?,26+/m1/s1. The number of aromatic amines is 1. The molecule has 4 aliphatic rings. The highest BCUT2D eigenvalue weighted by Crippen LogP contribution is 2.64. The number of benzene rings is 1. The van der Waals surface area contributed by atoms with Crippen molar-refractivity contribution in [3.63, 3.8) is 0 Å². The number of hydrogen-bond donors (Lipinski definition) is 2. The maximum absolute atomic E-state index is 14.5. The van der Waals surface area contributed by atoms with E-state index < -0.39 is 0 Å². The van der Waals surface area contributed by atoms with Gasteiger partial charge in [-0.3, -0.25) is 14.7 Å². The van der Waals surface area contributed by atoms with Crippen molar-refractivity contribution in [1.29, 1.82) is 0 Å². The van der Waals surface area contributed by atoms with Crippen LogP contribution in [0.25, 0.3) is 0 Å². The zero-order valence-corrected chi connectivity index (χ0v) is 19.1. The minimum atomic E-state index is -0.0802. The lowest BCUT2D eigenvalue weighted by Crippen LogP contribution is -2.50. The van der Waals surface area contributed by atoms with E-state index >= 15 is 0 Å². The summed E-state index contributed by atoms with van der Waals surface area (Å²) in [7, 11) is 0. The number of piperazine rings is 1. The molecule has 1 aliphatic heterocycles. The minimum Gasteiger partial charge on any atom is -0.353 e. The molecule has 33 heavy (non-hydrogen) atoms. The van der Waals surface area contributed by atoms with Crippen LogP contribution < -0.4 is 5.32 Å². The van der Waals surface area contributed by atoms with Crippen molar-refractivity contribution in [2.45, 2.75) is 62.7 Å². The molecule has 2 fully saturated rings. The van der Waals surface area contributed by atoms with Gasteiger partial charge in [-0.2, -0.15) is 5.10 Å². The Kier molecular flexibility index (Phi) is 4.85. The van der Waals surface area contributed by atoms with Gasteiger partial charge in [-0.15, -0.1) is 0 Å². The fraction of sp³-hybridized carbons (Fsp3) is 0.577. The Labute approximate surface area is 193 Å². The molecular formula is C26H31FN4O2. The third kappa shape index (κ3) is 3.15. The molecular weight excluding hydrogens is 419 g/mol. The lowest BCUT2D eigenvalue weighted by atomic mass is 9.53. The summed E-state index contributed by atoms with van der Waals surface area (Å²) in [5, 5.41) is 10.5. The smallest absolute Gasteiger partial charge is 0.239 e. The second kappa shape index (κ2) is 7.67. The molecule has 6 rings (SSSR count). The highest BCUT2D eigenvalue weighted by Gasteiger charge is 2.58. The van der Waals surface area contributed by atoms with E-state index in [0.29, 0.717) is 37.3 Å². The Morgan fingerprint density at radius 3 is 3.03 bits per heavy atom. The number of amides is 2. The van der Waals surface area contributed by atoms with Gasteiger partial charge in [0.2, 0.25) is 11.8 Å². The van der Waals surface area contributed by atoms with Crippen LogP contribution >= 0.6 is 0 Å². The Morgan fingerprint density at radius 1 is 1.30 bits per heavy atom. The van der Waals surface area contributed by atoms with Gasteiger partial charge in [-0.05, 0) is 78.5 Å². The van der Waals surface area contributed by atoms with Crippen LogP contribution in [0.1, 0.15) is 73.2 Å². The zero-order valence-electron chi connectivity index (χ0n) is 19.1. The van der Waals surface area contributed by atoms with Crippen molar-refractivity contribution in [3.05, 3.63) is 52.6 Å². The molecule has 6 nitrogen and oxygen atoms in total. The van der Waals surface area contributed by atoms with Crippen LogP contribution in [-0.4, -0.2) is 46.5 Å². The molecule has 0 spiro atoms. The first kappa shape index (κ1) is 20.9. The van der Waals surface area contributed by atoms with E-state index in [0.717, 1.165) is 37.7 Å². The second-order valence-corrected chi connectivity index (χ2v) is 10.6. The first-order valence-corrected chi connectivity index (χ1v) is 12.3. The highest BCUT2D eigenvalue weighted by atomic mass is 19.1. The Morgan fingerprint density at radius 2 is 2.18 bits per heavy atom. The molecule has 2 amide bonds. The predicted molar refractivity (Wildman–Crippen MR) is 121 cm³/mol. The van der Waals surface area contributed by atoms with Crippen molar-refractivity contribution in [2.75, 3.05) is 19.6 Å². The van der Waals surface area contributed by atoms with Crippen molar-refractivity contribution in [1.82, 2.24) is 20.4 Å². The van der Waals surface area contributed by atoms with Gasteiger partial charge in [-0.1, -0.05) is 19.1 Å². The molecule has 1 aromatic carbocycles. The van der Waals surface area contributed by atoms with Gasteiger partial charge in [0.25, 0.3) is 0 Å². The lowest BCUT2D eigenvalue weighted by Gasteiger charge is -2.50. The van der Waals surface area contributed by atoms with E-state index in [1.165, 1.54) is 16.8 Å². The number of halogens is 1. The summed E-state index contributed by atoms with van der Waals surface area (Å²) in [4.78, 5) is 26.4. The first-order valence-electron chi connectivity index (χ1n) is 12.3. The summed E-state index contributed by atoms with van der Waals surface area (Å²) >= 11 is 0. The number of nitrogens with one attached hydrogen (secondary N) is 2. The van der Waals surface area contributed by atoms with Crippen molar-refractivity contribution in [3.8, 4) is 0 Å². The number of rotatable bonds is 3. The molecule has 2 N–H and O–H groups in total. The van der Waals surface area contributed by atoms with Gasteiger partial charge in [0, 0.05) is 30.6 Å². The van der Waals surface area contributed by atoms with E-state index in [1.807, 2.05) is 12.3 Å². The number of aromatic nitrogens is 2. The molecule has 2 heterocycles. The zero-order chi connectivity index (χ0) is 22.7. The molecule has 1 aromatic heterocycles. The van der Waals surface area contributed by atoms with Crippen LogP contribution in [0.4, 0.5) is 4.39 Å². The number of carbonyl (C=O) groups is 2. The van der Waals surface area contributed by atoms with E-state index in [1.54, 1.807) is 11.0 Å². The van der Waals surface area contributed by atoms with Gasteiger partial charge in [-0.25, -0.2) is 4.39 Å². The van der Waals surface area contributed by atoms with Crippen LogP contribution in [0, 0.1) is 17.7 Å². The van der Waals surface area contributed by atoms with Gasteiger partial charge >= 0.3 is 0 Å². The molecule has 7 heteroatoms. The number of nitrogens with zero attached hydrogens (tertiary/aromatic N) is 2. The van der Waals surface area contributed by atoms with Gasteiger partial charge in [0.05, 0.1) is 12.7 Å². The number of H-pyrrole nitrogens is 1. The van der Waals surface area contributed by atoms with Crippen LogP contribution in [0.2, 0.25) is 0 Å². The normalized spacial score (nSPS) is 32.4. The molecule has 2 aromatic rings. The van der Waals surface area contributed by atoms with E-state index in [2.05, 4.69) is 28.5 Å². The summed E-state index contributed by atoms with van der Waals surface area (Å²) in [5.41, 5.74) is 4.63. The maximum atomic E-state index is 14.5. The van der Waals surface area contributed by atoms with Gasteiger partial charge in [0.1, 0.15) is 5.82 Å². The summed E-state index contributed by atoms with van der Waals surface area (Å²) in [6.07, 6.45) is 7.06. The number of carbonyl (C=O) groups excluding carboxylic acids is 2. The average Bonchev–Trinajstić information content (AvgIpc) is 3.38. The van der Waals surface area contributed by atoms with Crippen LogP contribution in [-0.2, 0) is 21.4 Å².